The number of aryl methyl sites for hydroxylation is 1. The van der Waals surface area contributed by atoms with Crippen molar-refractivity contribution in [1.82, 2.24) is 14.9 Å². The van der Waals surface area contributed by atoms with Gasteiger partial charge in [-0.05, 0) is 62.5 Å². The number of likely N-dealkylation sites (tertiary alicyclic amines) is 1. The summed E-state index contributed by atoms with van der Waals surface area (Å²) in [4.78, 5) is 14.2. The summed E-state index contributed by atoms with van der Waals surface area (Å²) in [5.74, 6) is 1.65. The van der Waals surface area contributed by atoms with E-state index in [2.05, 4.69) is 40.9 Å². The molecule has 1 aliphatic carbocycles. The van der Waals surface area contributed by atoms with Gasteiger partial charge in [0.2, 0.25) is 0 Å². The van der Waals surface area contributed by atoms with E-state index in [4.69, 9.17) is 16.6 Å². The highest BCUT2D eigenvalue weighted by molar-refractivity contribution is 6.30. The quantitative estimate of drug-likeness (QED) is 0.777. The van der Waals surface area contributed by atoms with Gasteiger partial charge in [-0.25, -0.2) is 9.97 Å². The first-order valence-corrected chi connectivity index (χ1v) is 9.55. The van der Waals surface area contributed by atoms with E-state index in [1.807, 2.05) is 6.07 Å². The third kappa shape index (κ3) is 2.24. The van der Waals surface area contributed by atoms with E-state index in [0.29, 0.717) is 5.92 Å². The van der Waals surface area contributed by atoms with Crippen LogP contribution in [-0.4, -0.2) is 41.5 Å². The molecule has 5 rings (SSSR count). The maximum atomic E-state index is 6.37. The zero-order valence-corrected chi connectivity index (χ0v) is 15.6. The molecule has 0 bridgehead atoms. The minimum absolute atomic E-state index is 0.161. The molecule has 0 unspecified atom stereocenters. The van der Waals surface area contributed by atoms with E-state index >= 15 is 0 Å². The molecule has 130 valence electrons. The van der Waals surface area contributed by atoms with Crippen molar-refractivity contribution in [3.63, 3.8) is 0 Å². The van der Waals surface area contributed by atoms with Crippen molar-refractivity contribution >= 4 is 23.1 Å². The van der Waals surface area contributed by atoms with Gasteiger partial charge >= 0.3 is 0 Å². The Morgan fingerprint density at radius 2 is 2.12 bits per heavy atom. The van der Waals surface area contributed by atoms with Gasteiger partial charge in [-0.3, -0.25) is 0 Å². The summed E-state index contributed by atoms with van der Waals surface area (Å²) in [5.41, 5.74) is 5.42. The maximum absolute atomic E-state index is 6.37. The van der Waals surface area contributed by atoms with Crippen LogP contribution in [0.1, 0.15) is 42.5 Å². The number of aromatic nitrogens is 2. The van der Waals surface area contributed by atoms with Gasteiger partial charge < -0.3 is 9.80 Å². The van der Waals surface area contributed by atoms with Crippen LogP contribution in [0.2, 0.25) is 5.02 Å². The van der Waals surface area contributed by atoms with Crippen molar-refractivity contribution in [1.29, 1.82) is 0 Å². The Bertz CT molecular complexity index is 852. The van der Waals surface area contributed by atoms with Crippen molar-refractivity contribution in [2.24, 2.45) is 0 Å². The van der Waals surface area contributed by atoms with Gasteiger partial charge in [0.25, 0.3) is 0 Å². The molecular formula is C20H23ClN4. The molecule has 4 nitrogen and oxygen atoms in total. The number of hydrogen-bond donors (Lipinski definition) is 0. The summed E-state index contributed by atoms with van der Waals surface area (Å²) >= 11 is 6.37. The lowest BCUT2D eigenvalue weighted by molar-refractivity contribution is 0.378. The Hall–Kier alpha value is -1.65. The van der Waals surface area contributed by atoms with Gasteiger partial charge in [0.1, 0.15) is 12.1 Å². The molecule has 1 aromatic carbocycles. The topological polar surface area (TPSA) is 32.3 Å². The summed E-state index contributed by atoms with van der Waals surface area (Å²) in [6, 6.07) is 6.37. The smallest absolute Gasteiger partial charge is 0.140 e. The number of halogens is 1. The maximum Gasteiger partial charge on any atom is 0.140 e. The number of anilines is 2. The van der Waals surface area contributed by atoms with Crippen molar-refractivity contribution < 1.29 is 0 Å². The monoisotopic (exact) mass is 354 g/mol. The zero-order valence-electron chi connectivity index (χ0n) is 14.8. The average Bonchev–Trinajstić information content (AvgIpc) is 3.26. The average molecular weight is 355 g/mol. The van der Waals surface area contributed by atoms with Crippen molar-refractivity contribution in [3.8, 4) is 0 Å². The van der Waals surface area contributed by atoms with E-state index < -0.39 is 0 Å². The van der Waals surface area contributed by atoms with Gasteiger partial charge in [0.05, 0.1) is 0 Å². The zero-order chi connectivity index (χ0) is 17.2. The summed E-state index contributed by atoms with van der Waals surface area (Å²) < 4.78 is 0. The number of likely N-dealkylation sites (N-methyl/N-ethyl adjacent to an activating group) is 1. The molecule has 1 saturated heterocycles. The molecule has 25 heavy (non-hydrogen) atoms. The Morgan fingerprint density at radius 3 is 2.92 bits per heavy atom. The molecule has 5 heteroatoms. The van der Waals surface area contributed by atoms with Crippen LogP contribution in [0.3, 0.4) is 0 Å². The number of benzene rings is 1. The lowest BCUT2D eigenvalue weighted by Crippen LogP contribution is -2.34. The summed E-state index contributed by atoms with van der Waals surface area (Å²) in [6.07, 6.45) is 5.17. The van der Waals surface area contributed by atoms with Crippen LogP contribution < -0.4 is 4.90 Å². The first kappa shape index (κ1) is 15.6. The Balaban J connectivity index is 1.67. The Kier molecular flexibility index (Phi) is 3.38. The highest BCUT2D eigenvalue weighted by atomic mass is 35.5. The van der Waals surface area contributed by atoms with E-state index in [1.54, 1.807) is 6.33 Å². The fourth-order valence-corrected chi connectivity index (χ4v) is 5.27. The largest absolute Gasteiger partial charge is 0.325 e. The molecule has 3 aliphatic rings. The number of hydrogen-bond acceptors (Lipinski definition) is 4. The first-order chi connectivity index (χ1) is 12.1. The molecule has 3 heterocycles. The predicted molar refractivity (Wildman–Crippen MR) is 101 cm³/mol. The minimum atomic E-state index is 0.161. The van der Waals surface area contributed by atoms with Crippen LogP contribution in [0.4, 0.5) is 11.5 Å². The SMILES string of the molecule is C[C@@H]1CCc2ncnc(N3C[C@]4(CCN(C)C4)c4cc(Cl)ccc43)c21. The van der Waals surface area contributed by atoms with Crippen LogP contribution in [-0.2, 0) is 11.8 Å². The number of nitrogens with zero attached hydrogens (tertiary/aromatic N) is 4. The minimum Gasteiger partial charge on any atom is -0.325 e. The number of rotatable bonds is 1. The van der Waals surface area contributed by atoms with E-state index in [9.17, 15) is 0 Å². The molecule has 1 spiro atoms. The molecule has 2 atom stereocenters. The van der Waals surface area contributed by atoms with Gasteiger partial charge in [-0.15, -0.1) is 0 Å². The van der Waals surface area contributed by atoms with Crippen LogP contribution in [0.25, 0.3) is 0 Å². The molecule has 0 amide bonds. The van der Waals surface area contributed by atoms with Gasteiger partial charge in [0.15, 0.2) is 0 Å². The highest BCUT2D eigenvalue weighted by Crippen LogP contribution is 2.51. The summed E-state index contributed by atoms with van der Waals surface area (Å²) in [6.45, 7) is 5.51. The fraction of sp³-hybridized carbons (Fsp3) is 0.500. The lowest BCUT2D eigenvalue weighted by atomic mass is 9.81. The van der Waals surface area contributed by atoms with Crippen molar-refractivity contribution in [2.75, 3.05) is 31.6 Å². The van der Waals surface area contributed by atoms with Gasteiger partial charge in [-0.1, -0.05) is 18.5 Å². The van der Waals surface area contributed by atoms with Gasteiger partial charge in [0, 0.05) is 40.5 Å². The fourth-order valence-electron chi connectivity index (χ4n) is 5.10. The molecule has 0 radical (unpaired) electrons. The van der Waals surface area contributed by atoms with E-state index in [1.165, 1.54) is 35.3 Å². The molecule has 0 N–H and O–H groups in total. The Labute approximate surface area is 153 Å². The summed E-state index contributed by atoms with van der Waals surface area (Å²) in [7, 11) is 2.21. The Morgan fingerprint density at radius 1 is 1.24 bits per heavy atom. The molecular weight excluding hydrogens is 332 g/mol. The standard InChI is InChI=1S/C20H23ClN4/c1-13-3-5-16-18(13)19(23-12-22-16)25-11-20(7-8-24(2)10-20)15-9-14(21)4-6-17(15)25/h4,6,9,12-13H,3,5,7-8,10-11H2,1-2H3/t13-,20-/m1/s1. The van der Waals surface area contributed by atoms with Crippen LogP contribution >= 0.6 is 11.6 Å². The van der Waals surface area contributed by atoms with Crippen molar-refractivity contribution in [3.05, 3.63) is 46.4 Å². The molecule has 0 saturated carbocycles. The van der Waals surface area contributed by atoms with E-state index in [-0.39, 0.29) is 5.41 Å². The summed E-state index contributed by atoms with van der Waals surface area (Å²) in [5, 5.41) is 0.829. The molecule has 1 fully saturated rings. The lowest BCUT2D eigenvalue weighted by Gasteiger charge is -2.26. The second kappa shape index (κ2) is 5.42. The van der Waals surface area contributed by atoms with Crippen LogP contribution in [0.5, 0.6) is 0 Å². The molecule has 1 aromatic heterocycles. The molecule has 2 aliphatic heterocycles. The first-order valence-electron chi connectivity index (χ1n) is 9.17. The van der Waals surface area contributed by atoms with E-state index in [0.717, 1.165) is 36.9 Å². The third-order valence-corrected chi connectivity index (χ3v) is 6.57. The normalized spacial score (nSPS) is 28.0. The number of fused-ring (bicyclic) bond motifs is 3. The third-order valence-electron chi connectivity index (χ3n) is 6.33. The van der Waals surface area contributed by atoms with Crippen LogP contribution in [0, 0.1) is 0 Å². The van der Waals surface area contributed by atoms with Gasteiger partial charge in [-0.2, -0.15) is 0 Å². The molecule has 2 aromatic rings. The predicted octanol–water partition coefficient (Wildman–Crippen LogP) is 3.90. The van der Waals surface area contributed by atoms with Crippen molar-refractivity contribution in [2.45, 2.75) is 37.5 Å². The highest BCUT2D eigenvalue weighted by Gasteiger charge is 2.48. The second-order valence-corrected chi connectivity index (χ2v) is 8.45. The second-order valence-electron chi connectivity index (χ2n) is 8.01. The van der Waals surface area contributed by atoms with Crippen LogP contribution in [0.15, 0.2) is 24.5 Å².